The van der Waals surface area contributed by atoms with Crippen LogP contribution in [0, 0.1) is 19.3 Å². The van der Waals surface area contributed by atoms with Gasteiger partial charge in [-0.25, -0.2) is 18.1 Å². The van der Waals surface area contributed by atoms with Gasteiger partial charge in [0, 0.05) is 23.7 Å². The van der Waals surface area contributed by atoms with E-state index in [4.69, 9.17) is 4.74 Å². The molecule has 206 valence electrons. The third-order valence-electron chi connectivity index (χ3n) is 6.25. The van der Waals surface area contributed by atoms with Crippen LogP contribution in [0.3, 0.4) is 0 Å². The summed E-state index contributed by atoms with van der Waals surface area (Å²) in [5.41, 5.74) is 3.18. The molecule has 39 heavy (non-hydrogen) atoms. The summed E-state index contributed by atoms with van der Waals surface area (Å²) in [7, 11) is -4.15. The summed E-state index contributed by atoms with van der Waals surface area (Å²) in [4.78, 5) is 34.7. The molecular formula is C28H33N5O5S. The number of carbonyl (C=O) groups excluding carboxylic acids is 2. The molecule has 2 aromatic carbocycles. The second-order valence-corrected chi connectivity index (χ2v) is 12.4. The van der Waals surface area contributed by atoms with Crippen molar-refractivity contribution in [2.24, 2.45) is 5.41 Å². The fourth-order valence-electron chi connectivity index (χ4n) is 4.16. The quantitative estimate of drug-likeness (QED) is 0.450. The topological polar surface area (TPSA) is 139 Å². The van der Waals surface area contributed by atoms with E-state index in [0.717, 1.165) is 23.1 Å². The van der Waals surface area contributed by atoms with E-state index in [9.17, 15) is 18.0 Å². The lowest BCUT2D eigenvalue weighted by molar-refractivity contribution is -0.127. The van der Waals surface area contributed by atoms with Crippen LogP contribution < -0.4 is 20.1 Å². The molecule has 0 spiro atoms. The van der Waals surface area contributed by atoms with Gasteiger partial charge in [0.05, 0.1) is 17.1 Å². The van der Waals surface area contributed by atoms with Crippen LogP contribution in [0.4, 0.5) is 5.95 Å². The summed E-state index contributed by atoms with van der Waals surface area (Å²) in [6.07, 6.45) is -0.399. The number of fused-ring (bicyclic) bond motifs is 4. The van der Waals surface area contributed by atoms with E-state index in [-0.39, 0.29) is 34.2 Å². The standard InChI is InChI=1S/C28H33N5O5S/c1-17-8-6-9-18(2)24(17)21-15-23-32-27(31-21)33-39(36,37)20-11-7-10-19(14-20)25(34)30-16-22(38-23)26(35)29-13-12-28(3,4)5/h6-11,14-15,22H,12-13,16H2,1-5H3,(H,29,35)(H,30,34)(H,31,32,33). The van der Waals surface area contributed by atoms with Gasteiger partial charge < -0.3 is 15.4 Å². The van der Waals surface area contributed by atoms with Crippen LogP contribution in [0.2, 0.25) is 0 Å². The maximum atomic E-state index is 13.2. The van der Waals surface area contributed by atoms with Crippen LogP contribution in [0.25, 0.3) is 11.3 Å². The summed E-state index contributed by atoms with van der Waals surface area (Å²) in [6.45, 7) is 10.3. The van der Waals surface area contributed by atoms with Gasteiger partial charge in [0.25, 0.3) is 21.8 Å². The number of amides is 2. The highest BCUT2D eigenvalue weighted by molar-refractivity contribution is 7.92. The van der Waals surface area contributed by atoms with Crippen molar-refractivity contribution in [2.45, 2.75) is 52.0 Å². The Bertz CT molecular complexity index is 1490. The predicted octanol–water partition coefficient (Wildman–Crippen LogP) is 3.60. The lowest BCUT2D eigenvalue weighted by Crippen LogP contribution is -2.46. The van der Waals surface area contributed by atoms with Crippen LogP contribution in [0.1, 0.15) is 48.7 Å². The number of rotatable bonds is 4. The number of nitrogens with one attached hydrogen (secondary N) is 3. The van der Waals surface area contributed by atoms with Crippen LogP contribution in [-0.2, 0) is 14.8 Å². The summed E-state index contributed by atoms with van der Waals surface area (Å²) >= 11 is 0. The van der Waals surface area contributed by atoms with Gasteiger partial charge in [0.2, 0.25) is 11.8 Å². The third-order valence-corrected chi connectivity index (χ3v) is 7.58. The van der Waals surface area contributed by atoms with Crippen molar-refractivity contribution in [3.8, 4) is 17.1 Å². The Morgan fingerprint density at radius 2 is 1.77 bits per heavy atom. The molecule has 2 heterocycles. The Balaban J connectivity index is 1.80. The van der Waals surface area contributed by atoms with Gasteiger partial charge in [-0.3, -0.25) is 9.59 Å². The highest BCUT2D eigenvalue weighted by Gasteiger charge is 2.26. The van der Waals surface area contributed by atoms with Crippen molar-refractivity contribution in [1.82, 2.24) is 20.6 Å². The molecule has 4 rings (SSSR count). The molecule has 3 aromatic rings. The molecule has 1 aliphatic heterocycles. The molecule has 1 aromatic heterocycles. The van der Waals surface area contributed by atoms with Gasteiger partial charge in [-0.1, -0.05) is 45.0 Å². The molecule has 1 unspecified atom stereocenters. The summed E-state index contributed by atoms with van der Waals surface area (Å²) in [5.74, 6) is -1.22. The fraction of sp³-hybridized carbons (Fsp3) is 0.357. The number of anilines is 1. The maximum absolute atomic E-state index is 13.2. The fourth-order valence-corrected chi connectivity index (χ4v) is 5.15. The third kappa shape index (κ3) is 6.91. The van der Waals surface area contributed by atoms with Crippen molar-refractivity contribution in [2.75, 3.05) is 17.8 Å². The first-order valence-corrected chi connectivity index (χ1v) is 14.1. The molecule has 0 radical (unpaired) electrons. The molecule has 1 atom stereocenters. The predicted molar refractivity (Wildman–Crippen MR) is 148 cm³/mol. The van der Waals surface area contributed by atoms with Gasteiger partial charge in [0.1, 0.15) is 0 Å². The van der Waals surface area contributed by atoms with E-state index >= 15 is 0 Å². The minimum atomic E-state index is -4.15. The molecule has 4 bridgehead atoms. The molecule has 0 saturated heterocycles. The number of ether oxygens (including phenoxy) is 1. The SMILES string of the molecule is Cc1cccc(C)c1-c1cc2nc(n1)NS(=O)(=O)c1cccc(c1)C(=O)NCC(C(=O)NCCC(C)(C)C)O2. The smallest absolute Gasteiger partial charge is 0.264 e. The average molecular weight is 552 g/mol. The molecule has 0 aliphatic carbocycles. The van der Waals surface area contributed by atoms with Gasteiger partial charge in [-0.05, 0) is 55.0 Å². The normalized spacial score (nSPS) is 16.8. The number of hydrogen-bond donors (Lipinski definition) is 3. The summed E-state index contributed by atoms with van der Waals surface area (Å²) in [6, 6.07) is 12.9. The number of benzene rings is 2. The largest absolute Gasteiger partial charge is 0.462 e. The van der Waals surface area contributed by atoms with E-state index in [1.165, 1.54) is 24.3 Å². The molecule has 2 amide bonds. The number of sulfonamides is 1. The van der Waals surface area contributed by atoms with Gasteiger partial charge in [-0.2, -0.15) is 4.98 Å². The Morgan fingerprint density at radius 3 is 2.46 bits per heavy atom. The van der Waals surface area contributed by atoms with Crippen LogP contribution >= 0.6 is 0 Å². The first kappa shape index (κ1) is 28.0. The van der Waals surface area contributed by atoms with E-state index < -0.39 is 27.9 Å². The second-order valence-electron chi connectivity index (χ2n) is 10.7. The molecule has 0 fully saturated rings. The van der Waals surface area contributed by atoms with Gasteiger partial charge in [0.15, 0.2) is 6.10 Å². The average Bonchev–Trinajstić information content (AvgIpc) is 2.85. The van der Waals surface area contributed by atoms with E-state index in [0.29, 0.717) is 12.2 Å². The maximum Gasteiger partial charge on any atom is 0.264 e. The summed E-state index contributed by atoms with van der Waals surface area (Å²) < 4.78 is 34.8. The van der Waals surface area contributed by atoms with Crippen molar-refractivity contribution in [3.63, 3.8) is 0 Å². The van der Waals surface area contributed by atoms with Crippen LogP contribution in [0.15, 0.2) is 53.4 Å². The Labute approximate surface area is 228 Å². The summed E-state index contributed by atoms with van der Waals surface area (Å²) in [5, 5.41) is 5.55. The van der Waals surface area contributed by atoms with E-state index in [2.05, 4.69) is 46.1 Å². The van der Waals surface area contributed by atoms with Crippen LogP contribution in [-0.4, -0.2) is 49.4 Å². The first-order chi connectivity index (χ1) is 18.3. The zero-order chi connectivity index (χ0) is 28.4. The van der Waals surface area contributed by atoms with Crippen molar-refractivity contribution in [1.29, 1.82) is 0 Å². The monoisotopic (exact) mass is 551 g/mol. The number of carbonyl (C=O) groups is 2. The Hall–Kier alpha value is -3.99. The van der Waals surface area contributed by atoms with Crippen molar-refractivity contribution < 1.29 is 22.7 Å². The number of nitrogens with zero attached hydrogens (tertiary/aromatic N) is 2. The minimum Gasteiger partial charge on any atom is -0.462 e. The van der Waals surface area contributed by atoms with E-state index in [1.54, 1.807) is 6.07 Å². The Morgan fingerprint density at radius 1 is 1.08 bits per heavy atom. The molecule has 1 aliphatic rings. The Kier molecular flexibility index (Phi) is 7.91. The number of aromatic nitrogens is 2. The van der Waals surface area contributed by atoms with Gasteiger partial charge >= 0.3 is 0 Å². The zero-order valence-electron chi connectivity index (χ0n) is 22.7. The van der Waals surface area contributed by atoms with E-state index in [1.807, 2.05) is 32.0 Å². The highest BCUT2D eigenvalue weighted by atomic mass is 32.2. The lowest BCUT2D eigenvalue weighted by Gasteiger charge is -2.22. The van der Waals surface area contributed by atoms with Crippen molar-refractivity contribution >= 4 is 27.8 Å². The van der Waals surface area contributed by atoms with Crippen LogP contribution in [0.5, 0.6) is 5.88 Å². The molecule has 11 heteroatoms. The number of hydrogen-bond acceptors (Lipinski definition) is 7. The minimum absolute atomic E-state index is 0.0111. The molecular weight excluding hydrogens is 518 g/mol. The second kappa shape index (κ2) is 11.0. The lowest BCUT2D eigenvalue weighted by atomic mass is 9.92. The number of aryl methyl sites for hydroxylation is 2. The van der Waals surface area contributed by atoms with Crippen molar-refractivity contribution in [3.05, 3.63) is 65.2 Å². The zero-order valence-corrected chi connectivity index (χ0v) is 23.5. The highest BCUT2D eigenvalue weighted by Crippen LogP contribution is 2.30. The molecule has 10 nitrogen and oxygen atoms in total. The van der Waals surface area contributed by atoms with Gasteiger partial charge in [-0.15, -0.1) is 0 Å². The molecule has 0 saturated carbocycles. The molecule has 3 N–H and O–H groups in total. The first-order valence-electron chi connectivity index (χ1n) is 12.6.